The summed E-state index contributed by atoms with van der Waals surface area (Å²) in [5.74, 6) is 0. The summed E-state index contributed by atoms with van der Waals surface area (Å²) in [5.41, 5.74) is 3.81. The predicted molar refractivity (Wildman–Crippen MR) is 87.8 cm³/mol. The van der Waals surface area contributed by atoms with Gasteiger partial charge in [-0.1, -0.05) is 12.1 Å². The molecule has 2 heterocycles. The van der Waals surface area contributed by atoms with Crippen molar-refractivity contribution in [1.29, 1.82) is 0 Å². The molecule has 1 aliphatic rings. The molecular weight excluding hydrogens is 278 g/mol. The number of thiazole rings is 1. The van der Waals surface area contributed by atoms with Crippen LogP contribution < -0.4 is 5.32 Å². The van der Waals surface area contributed by atoms with Crippen LogP contribution in [-0.2, 0) is 13.1 Å². The second-order valence-corrected chi connectivity index (χ2v) is 6.77. The number of rotatable bonds is 5. The van der Waals surface area contributed by atoms with Crippen LogP contribution in [-0.4, -0.2) is 15.6 Å². The molecule has 3 aromatic rings. The largest absolute Gasteiger partial charge is 0.341 e. The molecule has 0 aliphatic heterocycles. The maximum Gasteiger partial charge on any atom is 0.113 e. The van der Waals surface area contributed by atoms with E-state index in [1.54, 1.807) is 11.3 Å². The minimum atomic E-state index is 0.751. The molecule has 3 nitrogen and oxygen atoms in total. The molecule has 21 heavy (non-hydrogen) atoms. The van der Waals surface area contributed by atoms with E-state index >= 15 is 0 Å². The highest BCUT2D eigenvalue weighted by Gasteiger charge is 2.20. The second-order valence-electron chi connectivity index (χ2n) is 5.83. The van der Waals surface area contributed by atoms with Gasteiger partial charge in [0.25, 0.3) is 0 Å². The first-order valence-electron chi connectivity index (χ1n) is 7.51. The van der Waals surface area contributed by atoms with E-state index in [4.69, 9.17) is 0 Å². The van der Waals surface area contributed by atoms with Crippen LogP contribution in [0.1, 0.15) is 29.1 Å². The predicted octanol–water partition coefficient (Wildman–Crippen LogP) is 3.71. The fourth-order valence-corrected chi connectivity index (χ4v) is 3.51. The molecule has 4 heteroatoms. The van der Waals surface area contributed by atoms with Crippen molar-refractivity contribution in [3.8, 4) is 0 Å². The SMILES string of the molecule is Cc1csc(Cn2ccc3c(CNC4CC4)cccc32)n1. The zero-order chi connectivity index (χ0) is 14.2. The van der Waals surface area contributed by atoms with Crippen LogP contribution in [0.3, 0.4) is 0 Å². The number of nitrogens with zero attached hydrogens (tertiary/aromatic N) is 2. The van der Waals surface area contributed by atoms with E-state index < -0.39 is 0 Å². The molecule has 1 aromatic carbocycles. The molecule has 1 N–H and O–H groups in total. The zero-order valence-electron chi connectivity index (χ0n) is 12.2. The summed E-state index contributed by atoms with van der Waals surface area (Å²) >= 11 is 1.74. The number of hydrogen-bond donors (Lipinski definition) is 1. The molecule has 1 saturated carbocycles. The van der Waals surface area contributed by atoms with Crippen LogP contribution in [0.2, 0.25) is 0 Å². The normalized spacial score (nSPS) is 14.9. The number of aryl methyl sites for hydroxylation is 1. The van der Waals surface area contributed by atoms with Gasteiger partial charge in [-0.05, 0) is 37.5 Å². The second kappa shape index (κ2) is 5.28. The molecule has 0 bridgehead atoms. The lowest BCUT2D eigenvalue weighted by atomic mass is 10.1. The van der Waals surface area contributed by atoms with Crippen LogP contribution >= 0.6 is 11.3 Å². The Hall–Kier alpha value is -1.65. The Morgan fingerprint density at radius 2 is 2.24 bits per heavy atom. The summed E-state index contributed by atoms with van der Waals surface area (Å²) in [4.78, 5) is 4.57. The maximum absolute atomic E-state index is 4.57. The quantitative estimate of drug-likeness (QED) is 0.778. The average molecular weight is 297 g/mol. The Balaban J connectivity index is 1.62. The Labute approximate surface area is 128 Å². The molecule has 1 fully saturated rings. The number of nitrogens with one attached hydrogen (secondary N) is 1. The third kappa shape index (κ3) is 2.74. The highest BCUT2D eigenvalue weighted by Crippen LogP contribution is 2.24. The van der Waals surface area contributed by atoms with Crippen LogP contribution in [0, 0.1) is 6.92 Å². The van der Waals surface area contributed by atoms with Crippen molar-refractivity contribution in [2.45, 2.75) is 38.9 Å². The molecule has 4 rings (SSSR count). The van der Waals surface area contributed by atoms with Gasteiger partial charge in [0.15, 0.2) is 0 Å². The highest BCUT2D eigenvalue weighted by molar-refractivity contribution is 7.09. The summed E-state index contributed by atoms with van der Waals surface area (Å²) in [6, 6.07) is 9.59. The lowest BCUT2D eigenvalue weighted by molar-refractivity contribution is 0.691. The fraction of sp³-hybridized carbons (Fsp3) is 0.353. The fourth-order valence-electron chi connectivity index (χ4n) is 2.74. The zero-order valence-corrected chi connectivity index (χ0v) is 13.0. The third-order valence-corrected chi connectivity index (χ3v) is 4.99. The molecule has 0 spiro atoms. The van der Waals surface area contributed by atoms with Crippen molar-refractivity contribution in [1.82, 2.24) is 14.9 Å². The summed E-state index contributed by atoms with van der Waals surface area (Å²) in [6.45, 7) is 3.89. The van der Waals surface area contributed by atoms with Gasteiger partial charge >= 0.3 is 0 Å². The smallest absolute Gasteiger partial charge is 0.113 e. The first-order valence-corrected chi connectivity index (χ1v) is 8.39. The summed E-state index contributed by atoms with van der Waals surface area (Å²) in [7, 11) is 0. The molecule has 0 saturated heterocycles. The monoisotopic (exact) mass is 297 g/mol. The van der Waals surface area contributed by atoms with Gasteiger partial charge in [-0.25, -0.2) is 4.98 Å². The summed E-state index contributed by atoms with van der Waals surface area (Å²) in [5, 5.41) is 8.26. The van der Waals surface area contributed by atoms with Gasteiger partial charge in [0.05, 0.1) is 6.54 Å². The van der Waals surface area contributed by atoms with Gasteiger partial charge in [-0.15, -0.1) is 11.3 Å². The van der Waals surface area contributed by atoms with Crippen molar-refractivity contribution in [3.05, 3.63) is 52.1 Å². The van der Waals surface area contributed by atoms with E-state index in [1.807, 2.05) is 0 Å². The number of hydrogen-bond acceptors (Lipinski definition) is 3. The molecule has 1 aliphatic carbocycles. The summed E-state index contributed by atoms with van der Waals surface area (Å²) in [6.07, 6.45) is 4.85. The first kappa shape index (κ1) is 13.0. The molecule has 0 unspecified atom stereocenters. The molecule has 0 radical (unpaired) electrons. The van der Waals surface area contributed by atoms with Crippen molar-refractivity contribution in [2.75, 3.05) is 0 Å². The maximum atomic E-state index is 4.57. The van der Waals surface area contributed by atoms with E-state index in [1.165, 1.54) is 34.3 Å². The summed E-state index contributed by atoms with van der Waals surface area (Å²) < 4.78 is 2.30. The van der Waals surface area contributed by atoms with E-state index in [0.717, 1.165) is 24.8 Å². The van der Waals surface area contributed by atoms with Crippen LogP contribution in [0.15, 0.2) is 35.8 Å². The van der Waals surface area contributed by atoms with Gasteiger partial charge in [0.1, 0.15) is 5.01 Å². The van der Waals surface area contributed by atoms with Crippen LogP contribution in [0.5, 0.6) is 0 Å². The highest BCUT2D eigenvalue weighted by atomic mass is 32.1. The van der Waals surface area contributed by atoms with Gasteiger partial charge in [0.2, 0.25) is 0 Å². The van der Waals surface area contributed by atoms with Gasteiger partial charge in [-0.2, -0.15) is 0 Å². The van der Waals surface area contributed by atoms with Crippen LogP contribution in [0.4, 0.5) is 0 Å². The number of aromatic nitrogens is 2. The van der Waals surface area contributed by atoms with E-state index in [-0.39, 0.29) is 0 Å². The van der Waals surface area contributed by atoms with E-state index in [9.17, 15) is 0 Å². The van der Waals surface area contributed by atoms with Crippen molar-refractivity contribution in [2.24, 2.45) is 0 Å². The lowest BCUT2D eigenvalue weighted by Gasteiger charge is -2.07. The number of fused-ring (bicyclic) bond motifs is 1. The van der Waals surface area contributed by atoms with Gasteiger partial charge in [0, 0.05) is 40.8 Å². The van der Waals surface area contributed by atoms with Crippen LogP contribution in [0.25, 0.3) is 10.9 Å². The standard InChI is InChI=1S/C17H19N3S/c1-12-11-21-17(19-12)10-20-8-7-15-13(3-2-4-16(15)20)9-18-14-5-6-14/h2-4,7-8,11,14,18H,5-6,9-10H2,1H3. The molecule has 0 atom stereocenters. The van der Waals surface area contributed by atoms with E-state index in [2.05, 4.69) is 57.6 Å². The van der Waals surface area contributed by atoms with Crippen molar-refractivity contribution < 1.29 is 0 Å². The Morgan fingerprint density at radius 1 is 1.33 bits per heavy atom. The van der Waals surface area contributed by atoms with Crippen molar-refractivity contribution >= 4 is 22.2 Å². The van der Waals surface area contributed by atoms with Gasteiger partial charge < -0.3 is 9.88 Å². The topological polar surface area (TPSA) is 29.9 Å². The Morgan fingerprint density at radius 3 is 3.00 bits per heavy atom. The lowest BCUT2D eigenvalue weighted by Crippen LogP contribution is -2.15. The molecule has 0 amide bonds. The van der Waals surface area contributed by atoms with Crippen molar-refractivity contribution in [3.63, 3.8) is 0 Å². The molecular formula is C17H19N3S. The average Bonchev–Trinajstić information content (AvgIpc) is 3.10. The molecule has 2 aromatic heterocycles. The first-order chi connectivity index (χ1) is 10.3. The molecule has 108 valence electrons. The minimum absolute atomic E-state index is 0.751. The Kier molecular flexibility index (Phi) is 3.28. The Bertz CT molecular complexity index is 767. The minimum Gasteiger partial charge on any atom is -0.341 e. The van der Waals surface area contributed by atoms with Gasteiger partial charge in [-0.3, -0.25) is 0 Å². The van der Waals surface area contributed by atoms with E-state index in [0.29, 0.717) is 0 Å². The third-order valence-electron chi connectivity index (χ3n) is 4.03. The number of benzene rings is 1.